The van der Waals surface area contributed by atoms with Gasteiger partial charge in [0.15, 0.2) is 0 Å². The van der Waals surface area contributed by atoms with E-state index >= 15 is 0 Å². The van der Waals surface area contributed by atoms with Crippen molar-refractivity contribution in [3.8, 4) is 0 Å². The van der Waals surface area contributed by atoms with Gasteiger partial charge in [0.2, 0.25) is 0 Å². The predicted octanol–water partition coefficient (Wildman–Crippen LogP) is 2.86. The fourth-order valence-electron chi connectivity index (χ4n) is 1.43. The average Bonchev–Trinajstić information content (AvgIpc) is 2.15. The van der Waals surface area contributed by atoms with Gasteiger partial charge in [-0.1, -0.05) is 32.1 Å². The van der Waals surface area contributed by atoms with E-state index < -0.39 is 0 Å². The van der Waals surface area contributed by atoms with Crippen molar-refractivity contribution in [2.75, 3.05) is 6.61 Å². The van der Waals surface area contributed by atoms with Crippen molar-refractivity contribution in [2.45, 2.75) is 13.8 Å². The Morgan fingerprint density at radius 2 is 1.93 bits per heavy atom. The molecule has 0 saturated carbocycles. The molecule has 2 heteroatoms. The van der Waals surface area contributed by atoms with E-state index in [0.717, 1.165) is 11.1 Å². The van der Waals surface area contributed by atoms with Crippen molar-refractivity contribution in [1.29, 1.82) is 0 Å². The van der Waals surface area contributed by atoms with Gasteiger partial charge >= 0.3 is 0 Å². The van der Waals surface area contributed by atoms with Crippen LogP contribution < -0.4 is 0 Å². The van der Waals surface area contributed by atoms with Crippen LogP contribution in [-0.4, -0.2) is 11.7 Å². The standard InChI is InChI=1S/C12H15FO/c1-9(2)12(7-8-14)10-3-5-11(13)6-4-10/h3-7,9,14H,8H2,1-2H3/b12-7-. The molecule has 0 heterocycles. The topological polar surface area (TPSA) is 20.2 Å². The number of aliphatic hydroxyl groups is 1. The van der Waals surface area contributed by atoms with Crippen molar-refractivity contribution in [1.82, 2.24) is 0 Å². The molecular formula is C12H15FO. The van der Waals surface area contributed by atoms with Crippen LogP contribution in [0.3, 0.4) is 0 Å². The number of aliphatic hydroxyl groups excluding tert-OH is 1. The summed E-state index contributed by atoms with van der Waals surface area (Å²) in [5.74, 6) is 0.0912. The second-order valence-corrected chi connectivity index (χ2v) is 3.50. The molecule has 0 atom stereocenters. The summed E-state index contributed by atoms with van der Waals surface area (Å²) in [6.07, 6.45) is 1.76. The van der Waals surface area contributed by atoms with Gasteiger partial charge in [-0.2, -0.15) is 0 Å². The number of hydrogen-bond acceptors (Lipinski definition) is 1. The summed E-state index contributed by atoms with van der Waals surface area (Å²) in [5.41, 5.74) is 2.02. The summed E-state index contributed by atoms with van der Waals surface area (Å²) in [6, 6.07) is 6.33. The van der Waals surface area contributed by atoms with Crippen molar-refractivity contribution in [2.24, 2.45) is 5.92 Å². The number of benzene rings is 1. The molecule has 0 unspecified atom stereocenters. The summed E-state index contributed by atoms with van der Waals surface area (Å²) < 4.78 is 12.7. The van der Waals surface area contributed by atoms with E-state index in [2.05, 4.69) is 0 Å². The molecule has 0 saturated heterocycles. The van der Waals surface area contributed by atoms with Gasteiger partial charge in [-0.05, 0) is 29.2 Å². The Labute approximate surface area is 83.9 Å². The van der Waals surface area contributed by atoms with Gasteiger partial charge in [0.05, 0.1) is 6.61 Å². The molecule has 14 heavy (non-hydrogen) atoms. The Morgan fingerprint density at radius 3 is 2.36 bits per heavy atom. The summed E-state index contributed by atoms with van der Waals surface area (Å²) in [7, 11) is 0. The van der Waals surface area contributed by atoms with E-state index in [1.807, 2.05) is 13.8 Å². The van der Waals surface area contributed by atoms with Gasteiger partial charge in [-0.25, -0.2) is 4.39 Å². The highest BCUT2D eigenvalue weighted by molar-refractivity contribution is 5.66. The SMILES string of the molecule is CC(C)/C(=C/CO)c1ccc(F)cc1. The Hall–Kier alpha value is -1.15. The van der Waals surface area contributed by atoms with Crippen LogP contribution in [0.1, 0.15) is 19.4 Å². The average molecular weight is 194 g/mol. The molecule has 1 aromatic carbocycles. The van der Waals surface area contributed by atoms with E-state index in [1.54, 1.807) is 18.2 Å². The predicted molar refractivity (Wildman–Crippen MR) is 56.3 cm³/mol. The Morgan fingerprint density at radius 1 is 1.36 bits per heavy atom. The fraction of sp³-hybridized carbons (Fsp3) is 0.333. The second-order valence-electron chi connectivity index (χ2n) is 3.50. The summed E-state index contributed by atoms with van der Waals surface area (Å²) >= 11 is 0. The maximum Gasteiger partial charge on any atom is 0.123 e. The van der Waals surface area contributed by atoms with E-state index in [0.29, 0.717) is 5.92 Å². The highest BCUT2D eigenvalue weighted by atomic mass is 19.1. The molecule has 1 nitrogen and oxygen atoms in total. The van der Waals surface area contributed by atoms with Gasteiger partial charge in [0.1, 0.15) is 5.82 Å². The molecule has 0 aromatic heterocycles. The van der Waals surface area contributed by atoms with Gasteiger partial charge in [-0.15, -0.1) is 0 Å². The first-order chi connectivity index (χ1) is 6.65. The number of hydrogen-bond donors (Lipinski definition) is 1. The van der Waals surface area contributed by atoms with Crippen LogP contribution in [0, 0.1) is 11.7 Å². The summed E-state index contributed by atoms with van der Waals surface area (Å²) in [5, 5.41) is 8.85. The molecule has 1 rings (SSSR count). The van der Waals surface area contributed by atoms with Gasteiger partial charge in [0, 0.05) is 0 Å². The first-order valence-electron chi connectivity index (χ1n) is 4.72. The molecule has 0 amide bonds. The van der Waals surface area contributed by atoms with Gasteiger partial charge in [0.25, 0.3) is 0 Å². The van der Waals surface area contributed by atoms with Crippen LogP contribution in [0.5, 0.6) is 0 Å². The lowest BCUT2D eigenvalue weighted by molar-refractivity contribution is 0.342. The number of rotatable bonds is 3. The van der Waals surface area contributed by atoms with E-state index in [9.17, 15) is 4.39 Å². The Kier molecular flexibility index (Phi) is 3.84. The van der Waals surface area contributed by atoms with Crippen molar-refractivity contribution in [3.63, 3.8) is 0 Å². The quantitative estimate of drug-likeness (QED) is 0.784. The number of allylic oxidation sites excluding steroid dienone is 1. The summed E-state index contributed by atoms with van der Waals surface area (Å²) in [4.78, 5) is 0. The molecule has 0 spiro atoms. The van der Waals surface area contributed by atoms with Crippen LogP contribution in [0.2, 0.25) is 0 Å². The van der Waals surface area contributed by atoms with Crippen LogP contribution in [0.25, 0.3) is 5.57 Å². The normalized spacial score (nSPS) is 12.2. The third kappa shape index (κ3) is 2.67. The highest BCUT2D eigenvalue weighted by Gasteiger charge is 2.05. The van der Waals surface area contributed by atoms with Gasteiger partial charge < -0.3 is 5.11 Å². The first kappa shape index (κ1) is 10.9. The highest BCUT2D eigenvalue weighted by Crippen LogP contribution is 2.22. The zero-order valence-electron chi connectivity index (χ0n) is 8.50. The van der Waals surface area contributed by atoms with Crippen molar-refractivity contribution in [3.05, 3.63) is 41.7 Å². The molecule has 0 aliphatic carbocycles. The Bertz CT molecular complexity index is 312. The summed E-state index contributed by atoms with van der Waals surface area (Å²) in [6.45, 7) is 4.11. The molecule has 0 aliphatic rings. The first-order valence-corrected chi connectivity index (χ1v) is 4.72. The minimum absolute atomic E-state index is 0.0187. The molecular weight excluding hydrogens is 179 g/mol. The Balaban J connectivity index is 3.00. The van der Waals surface area contributed by atoms with Crippen LogP contribution in [0.15, 0.2) is 30.3 Å². The lowest BCUT2D eigenvalue weighted by Gasteiger charge is -2.11. The molecule has 0 aliphatic heterocycles. The maximum atomic E-state index is 12.7. The second kappa shape index (κ2) is 4.91. The zero-order chi connectivity index (χ0) is 10.6. The van der Waals surface area contributed by atoms with Gasteiger partial charge in [-0.3, -0.25) is 0 Å². The van der Waals surface area contributed by atoms with Crippen molar-refractivity contribution >= 4 is 5.57 Å². The maximum absolute atomic E-state index is 12.7. The molecule has 0 fully saturated rings. The lowest BCUT2D eigenvalue weighted by Crippen LogP contribution is -1.95. The van der Waals surface area contributed by atoms with Crippen molar-refractivity contribution < 1.29 is 9.50 Å². The van der Waals surface area contributed by atoms with E-state index in [1.165, 1.54) is 12.1 Å². The molecule has 76 valence electrons. The van der Waals surface area contributed by atoms with E-state index in [4.69, 9.17) is 5.11 Å². The van der Waals surface area contributed by atoms with Crippen LogP contribution >= 0.6 is 0 Å². The molecule has 1 N–H and O–H groups in total. The minimum atomic E-state index is -0.235. The third-order valence-electron chi connectivity index (χ3n) is 2.11. The fourth-order valence-corrected chi connectivity index (χ4v) is 1.43. The molecule has 0 bridgehead atoms. The smallest absolute Gasteiger partial charge is 0.123 e. The molecule has 1 aromatic rings. The largest absolute Gasteiger partial charge is 0.392 e. The monoisotopic (exact) mass is 194 g/mol. The zero-order valence-corrected chi connectivity index (χ0v) is 8.50. The lowest BCUT2D eigenvalue weighted by atomic mass is 9.95. The van der Waals surface area contributed by atoms with Crippen LogP contribution in [-0.2, 0) is 0 Å². The molecule has 0 radical (unpaired) electrons. The minimum Gasteiger partial charge on any atom is -0.392 e. The van der Waals surface area contributed by atoms with Crippen LogP contribution in [0.4, 0.5) is 4.39 Å². The number of halogens is 1. The van der Waals surface area contributed by atoms with E-state index in [-0.39, 0.29) is 12.4 Å². The third-order valence-corrected chi connectivity index (χ3v) is 2.11.